The van der Waals surface area contributed by atoms with Crippen LogP contribution in [0.2, 0.25) is 0 Å². The topological polar surface area (TPSA) is 46.3 Å². The molecule has 0 bridgehead atoms. The van der Waals surface area contributed by atoms with E-state index in [1.165, 1.54) is 5.56 Å². The zero-order valence-electron chi connectivity index (χ0n) is 10.8. The van der Waals surface area contributed by atoms with Gasteiger partial charge in [-0.3, -0.25) is 4.79 Å². The lowest BCUT2D eigenvalue weighted by molar-refractivity contribution is -0.130. The van der Waals surface area contributed by atoms with Crippen LogP contribution in [0.15, 0.2) is 24.3 Å². The standard InChI is InChI=1S/C14H22N2O/c1-3-9-16(14(17)10-15)11-13-7-5-12(4-2)6-8-13/h5-8H,3-4,9-11,15H2,1-2H3. The SMILES string of the molecule is CCCN(Cc1ccc(CC)cc1)C(=O)CN. The Morgan fingerprint density at radius 1 is 1.18 bits per heavy atom. The molecular formula is C14H22N2O. The van der Waals surface area contributed by atoms with Gasteiger partial charge in [-0.2, -0.15) is 0 Å². The van der Waals surface area contributed by atoms with Gasteiger partial charge in [0, 0.05) is 13.1 Å². The Morgan fingerprint density at radius 2 is 1.76 bits per heavy atom. The second kappa shape index (κ2) is 7.07. The van der Waals surface area contributed by atoms with Crippen LogP contribution in [-0.4, -0.2) is 23.9 Å². The minimum atomic E-state index is 0.0198. The minimum absolute atomic E-state index is 0.0198. The Morgan fingerprint density at radius 3 is 2.24 bits per heavy atom. The lowest BCUT2D eigenvalue weighted by Crippen LogP contribution is -2.36. The number of hydrogen-bond acceptors (Lipinski definition) is 2. The summed E-state index contributed by atoms with van der Waals surface area (Å²) in [7, 11) is 0. The first-order chi connectivity index (χ1) is 8.21. The molecule has 1 aromatic carbocycles. The van der Waals surface area contributed by atoms with Crippen molar-refractivity contribution in [1.82, 2.24) is 4.90 Å². The van der Waals surface area contributed by atoms with Crippen LogP contribution in [0.5, 0.6) is 0 Å². The molecule has 2 N–H and O–H groups in total. The number of hydrogen-bond donors (Lipinski definition) is 1. The molecule has 0 saturated carbocycles. The van der Waals surface area contributed by atoms with E-state index in [-0.39, 0.29) is 12.5 Å². The second-order valence-corrected chi connectivity index (χ2v) is 4.19. The molecule has 0 aliphatic heterocycles. The van der Waals surface area contributed by atoms with Gasteiger partial charge in [-0.25, -0.2) is 0 Å². The number of benzene rings is 1. The van der Waals surface area contributed by atoms with Gasteiger partial charge < -0.3 is 10.6 Å². The molecule has 1 amide bonds. The maximum Gasteiger partial charge on any atom is 0.236 e. The molecule has 94 valence electrons. The molecule has 0 saturated heterocycles. The molecule has 1 rings (SSSR count). The molecule has 0 aliphatic carbocycles. The maximum atomic E-state index is 11.6. The van der Waals surface area contributed by atoms with Gasteiger partial charge in [0.1, 0.15) is 0 Å². The fourth-order valence-corrected chi connectivity index (χ4v) is 1.79. The Labute approximate surface area is 104 Å². The van der Waals surface area contributed by atoms with Crippen molar-refractivity contribution >= 4 is 5.91 Å². The van der Waals surface area contributed by atoms with Crippen LogP contribution < -0.4 is 5.73 Å². The normalized spacial score (nSPS) is 10.3. The van der Waals surface area contributed by atoms with Gasteiger partial charge in [0.05, 0.1) is 6.54 Å². The third kappa shape index (κ3) is 4.19. The van der Waals surface area contributed by atoms with Crippen molar-refractivity contribution in [2.45, 2.75) is 33.2 Å². The summed E-state index contributed by atoms with van der Waals surface area (Å²) in [5, 5.41) is 0. The molecule has 1 aromatic rings. The van der Waals surface area contributed by atoms with E-state index >= 15 is 0 Å². The number of carbonyl (C=O) groups excluding carboxylic acids is 1. The van der Waals surface area contributed by atoms with E-state index in [4.69, 9.17) is 5.73 Å². The molecule has 0 atom stereocenters. The number of aryl methyl sites for hydroxylation is 1. The van der Waals surface area contributed by atoms with Gasteiger partial charge in [-0.05, 0) is 24.0 Å². The molecule has 0 heterocycles. The molecule has 0 spiro atoms. The zero-order chi connectivity index (χ0) is 12.7. The highest BCUT2D eigenvalue weighted by atomic mass is 16.2. The molecule has 17 heavy (non-hydrogen) atoms. The van der Waals surface area contributed by atoms with Crippen LogP contribution >= 0.6 is 0 Å². The van der Waals surface area contributed by atoms with Crippen molar-refractivity contribution in [2.24, 2.45) is 5.73 Å². The van der Waals surface area contributed by atoms with Gasteiger partial charge in [0.25, 0.3) is 0 Å². The zero-order valence-corrected chi connectivity index (χ0v) is 10.8. The molecule has 0 fully saturated rings. The van der Waals surface area contributed by atoms with Crippen molar-refractivity contribution in [3.05, 3.63) is 35.4 Å². The fourth-order valence-electron chi connectivity index (χ4n) is 1.79. The fraction of sp³-hybridized carbons (Fsp3) is 0.500. The van der Waals surface area contributed by atoms with Crippen LogP contribution in [0, 0.1) is 0 Å². The van der Waals surface area contributed by atoms with Gasteiger partial charge >= 0.3 is 0 Å². The third-order valence-electron chi connectivity index (χ3n) is 2.83. The largest absolute Gasteiger partial charge is 0.337 e. The van der Waals surface area contributed by atoms with E-state index in [2.05, 4.69) is 38.1 Å². The summed E-state index contributed by atoms with van der Waals surface area (Å²) in [6, 6.07) is 8.41. The Kier molecular flexibility index (Phi) is 5.70. The molecule has 0 aromatic heterocycles. The average molecular weight is 234 g/mol. The first kappa shape index (κ1) is 13.7. The maximum absolute atomic E-state index is 11.6. The summed E-state index contributed by atoms with van der Waals surface area (Å²) >= 11 is 0. The lowest BCUT2D eigenvalue weighted by atomic mass is 10.1. The van der Waals surface area contributed by atoms with Crippen molar-refractivity contribution in [2.75, 3.05) is 13.1 Å². The van der Waals surface area contributed by atoms with Crippen molar-refractivity contribution in [3.63, 3.8) is 0 Å². The van der Waals surface area contributed by atoms with Gasteiger partial charge in [-0.15, -0.1) is 0 Å². The van der Waals surface area contributed by atoms with Gasteiger partial charge in [0.15, 0.2) is 0 Å². The predicted octanol–water partition coefficient (Wildman–Crippen LogP) is 1.95. The first-order valence-electron chi connectivity index (χ1n) is 6.26. The van der Waals surface area contributed by atoms with E-state index in [9.17, 15) is 4.79 Å². The number of amides is 1. The number of nitrogens with zero attached hydrogens (tertiary/aromatic N) is 1. The summed E-state index contributed by atoms with van der Waals surface area (Å²) in [6.45, 7) is 5.72. The summed E-state index contributed by atoms with van der Waals surface area (Å²) in [6.07, 6.45) is 2.00. The van der Waals surface area contributed by atoms with Crippen LogP contribution in [0.3, 0.4) is 0 Å². The Bertz CT molecular complexity index is 346. The molecular weight excluding hydrogens is 212 g/mol. The number of rotatable bonds is 6. The van der Waals surface area contributed by atoms with Crippen molar-refractivity contribution in [3.8, 4) is 0 Å². The Hall–Kier alpha value is -1.35. The third-order valence-corrected chi connectivity index (χ3v) is 2.83. The summed E-state index contributed by atoms with van der Waals surface area (Å²) < 4.78 is 0. The summed E-state index contributed by atoms with van der Waals surface area (Å²) in [5.74, 6) is 0.0198. The van der Waals surface area contributed by atoms with Crippen molar-refractivity contribution < 1.29 is 4.79 Å². The molecule has 3 heteroatoms. The van der Waals surface area contributed by atoms with E-state index in [1.54, 1.807) is 0 Å². The van der Waals surface area contributed by atoms with Gasteiger partial charge in [-0.1, -0.05) is 38.1 Å². The minimum Gasteiger partial charge on any atom is -0.337 e. The van der Waals surface area contributed by atoms with E-state index in [0.29, 0.717) is 6.54 Å². The summed E-state index contributed by atoms with van der Waals surface area (Å²) in [4.78, 5) is 13.5. The van der Waals surface area contributed by atoms with Crippen LogP contribution in [0.1, 0.15) is 31.4 Å². The lowest BCUT2D eigenvalue weighted by Gasteiger charge is -2.21. The van der Waals surface area contributed by atoms with Gasteiger partial charge in [0.2, 0.25) is 5.91 Å². The molecule has 3 nitrogen and oxygen atoms in total. The van der Waals surface area contributed by atoms with E-state index in [1.807, 2.05) is 4.90 Å². The highest BCUT2D eigenvalue weighted by molar-refractivity contribution is 5.78. The Balaban J connectivity index is 2.68. The van der Waals surface area contributed by atoms with E-state index < -0.39 is 0 Å². The quantitative estimate of drug-likeness (QED) is 0.817. The number of carbonyl (C=O) groups is 1. The van der Waals surface area contributed by atoms with Crippen LogP contribution in [0.4, 0.5) is 0 Å². The summed E-state index contributed by atoms with van der Waals surface area (Å²) in [5.41, 5.74) is 7.90. The van der Waals surface area contributed by atoms with Crippen molar-refractivity contribution in [1.29, 1.82) is 0 Å². The van der Waals surface area contributed by atoms with E-state index in [0.717, 1.165) is 24.9 Å². The predicted molar refractivity (Wildman–Crippen MR) is 70.6 cm³/mol. The molecule has 0 unspecified atom stereocenters. The van der Waals surface area contributed by atoms with Crippen LogP contribution in [-0.2, 0) is 17.8 Å². The molecule has 0 aliphatic rings. The monoisotopic (exact) mass is 234 g/mol. The first-order valence-corrected chi connectivity index (χ1v) is 6.26. The van der Waals surface area contributed by atoms with Crippen LogP contribution in [0.25, 0.3) is 0 Å². The second-order valence-electron chi connectivity index (χ2n) is 4.19. The highest BCUT2D eigenvalue weighted by Gasteiger charge is 2.10. The molecule has 0 radical (unpaired) electrons. The smallest absolute Gasteiger partial charge is 0.236 e. The highest BCUT2D eigenvalue weighted by Crippen LogP contribution is 2.08. The number of nitrogens with two attached hydrogens (primary N) is 1. The average Bonchev–Trinajstić information content (AvgIpc) is 2.38.